The molecule has 0 atom stereocenters. The lowest BCUT2D eigenvalue weighted by atomic mass is 10.2. The Balaban J connectivity index is 1.69. The molecule has 0 saturated heterocycles. The van der Waals surface area contributed by atoms with Gasteiger partial charge in [0.25, 0.3) is 0 Å². The van der Waals surface area contributed by atoms with E-state index in [0.717, 1.165) is 6.54 Å². The summed E-state index contributed by atoms with van der Waals surface area (Å²) >= 11 is 0. The lowest BCUT2D eigenvalue weighted by Crippen LogP contribution is -2.38. The maximum atomic E-state index is 5.80. The summed E-state index contributed by atoms with van der Waals surface area (Å²) in [6.45, 7) is 1.45. The van der Waals surface area contributed by atoms with Gasteiger partial charge in [-0.15, -0.1) is 0 Å². The first-order valence-corrected chi connectivity index (χ1v) is 5.88. The van der Waals surface area contributed by atoms with Crippen molar-refractivity contribution in [3.05, 3.63) is 18.5 Å². The van der Waals surface area contributed by atoms with Gasteiger partial charge in [0.05, 0.1) is 13.1 Å². The average Bonchev–Trinajstić information content (AvgIpc) is 2.90. The van der Waals surface area contributed by atoms with Crippen LogP contribution in [-0.4, -0.2) is 28.3 Å². The number of hydrogen-bond acceptors (Lipinski definition) is 2. The van der Waals surface area contributed by atoms with Gasteiger partial charge in [-0.25, -0.2) is 0 Å². The Morgan fingerprint density at radius 3 is 3.00 bits per heavy atom. The fraction of sp³-hybridized carbons (Fsp3) is 0.636. The summed E-state index contributed by atoms with van der Waals surface area (Å²) in [6.07, 6.45) is 8.74. The molecular weight excluding hydrogens is 202 g/mol. The average molecular weight is 221 g/mol. The highest BCUT2D eigenvalue weighted by Gasteiger charge is 2.14. The number of nitrogens with one attached hydrogen (secondary N) is 1. The molecule has 0 radical (unpaired) electrons. The lowest BCUT2D eigenvalue weighted by Gasteiger charge is -2.12. The Kier molecular flexibility index (Phi) is 3.80. The number of nitrogens with two attached hydrogens (primary N) is 1. The van der Waals surface area contributed by atoms with Gasteiger partial charge in [0.2, 0.25) is 0 Å². The van der Waals surface area contributed by atoms with Crippen LogP contribution in [0.15, 0.2) is 23.5 Å². The number of nitrogens with zero attached hydrogens (tertiary/aromatic N) is 3. The molecule has 2 rings (SSSR count). The summed E-state index contributed by atoms with van der Waals surface area (Å²) in [7, 11) is 0. The molecule has 5 nitrogen and oxygen atoms in total. The van der Waals surface area contributed by atoms with Crippen molar-refractivity contribution in [2.45, 2.75) is 38.3 Å². The van der Waals surface area contributed by atoms with Crippen LogP contribution in [0.25, 0.3) is 0 Å². The second kappa shape index (κ2) is 5.53. The van der Waals surface area contributed by atoms with Crippen molar-refractivity contribution < 1.29 is 0 Å². The molecule has 1 saturated carbocycles. The minimum atomic E-state index is 0.536. The summed E-state index contributed by atoms with van der Waals surface area (Å²) < 4.78 is 1.85. The zero-order valence-electron chi connectivity index (χ0n) is 9.47. The summed E-state index contributed by atoms with van der Waals surface area (Å²) in [4.78, 5) is 4.28. The molecule has 88 valence electrons. The second-order valence-electron chi connectivity index (χ2n) is 4.16. The quantitative estimate of drug-likeness (QED) is 0.582. The van der Waals surface area contributed by atoms with Crippen LogP contribution in [-0.2, 0) is 6.54 Å². The van der Waals surface area contributed by atoms with Crippen molar-refractivity contribution in [1.82, 2.24) is 15.1 Å². The summed E-state index contributed by atoms with van der Waals surface area (Å²) in [5.74, 6) is 0.569. The Morgan fingerprint density at radius 2 is 2.31 bits per heavy atom. The Labute approximate surface area is 95.7 Å². The molecule has 5 heteroatoms. The molecule has 0 unspecified atom stereocenters. The van der Waals surface area contributed by atoms with Crippen molar-refractivity contribution in [1.29, 1.82) is 0 Å². The number of aromatic nitrogens is 2. The first kappa shape index (κ1) is 11.0. The molecule has 3 N–H and O–H groups in total. The van der Waals surface area contributed by atoms with Crippen LogP contribution in [0.2, 0.25) is 0 Å². The first-order chi connectivity index (χ1) is 7.84. The minimum absolute atomic E-state index is 0.536. The molecule has 16 heavy (non-hydrogen) atoms. The number of guanidine groups is 1. The van der Waals surface area contributed by atoms with Crippen LogP contribution >= 0.6 is 0 Å². The molecule has 1 aliphatic rings. The topological polar surface area (TPSA) is 68.2 Å². The van der Waals surface area contributed by atoms with Crippen molar-refractivity contribution in [2.24, 2.45) is 10.7 Å². The molecule has 0 aromatic carbocycles. The van der Waals surface area contributed by atoms with Gasteiger partial charge in [-0.2, -0.15) is 5.10 Å². The van der Waals surface area contributed by atoms with E-state index in [-0.39, 0.29) is 0 Å². The normalized spacial score (nSPS) is 17.9. The van der Waals surface area contributed by atoms with E-state index in [4.69, 9.17) is 5.73 Å². The van der Waals surface area contributed by atoms with E-state index >= 15 is 0 Å². The molecule has 1 aliphatic carbocycles. The van der Waals surface area contributed by atoms with Crippen LogP contribution in [0, 0.1) is 0 Å². The molecule has 0 amide bonds. The van der Waals surface area contributed by atoms with Crippen molar-refractivity contribution in [3.8, 4) is 0 Å². The van der Waals surface area contributed by atoms with Crippen LogP contribution in [0.5, 0.6) is 0 Å². The molecule has 1 fully saturated rings. The monoisotopic (exact) mass is 221 g/mol. The highest BCUT2D eigenvalue weighted by molar-refractivity contribution is 5.78. The van der Waals surface area contributed by atoms with E-state index in [1.807, 2.05) is 16.9 Å². The smallest absolute Gasteiger partial charge is 0.188 e. The Morgan fingerprint density at radius 1 is 1.50 bits per heavy atom. The lowest BCUT2D eigenvalue weighted by molar-refractivity contribution is 0.608. The zero-order valence-corrected chi connectivity index (χ0v) is 9.47. The van der Waals surface area contributed by atoms with Crippen molar-refractivity contribution in [3.63, 3.8) is 0 Å². The molecule has 0 aliphatic heterocycles. The molecule has 1 heterocycles. The Bertz CT molecular complexity index is 324. The third kappa shape index (κ3) is 3.25. The van der Waals surface area contributed by atoms with Gasteiger partial charge in [0.1, 0.15) is 0 Å². The predicted molar refractivity (Wildman–Crippen MR) is 64.1 cm³/mol. The van der Waals surface area contributed by atoms with E-state index < -0.39 is 0 Å². The Hall–Kier alpha value is -1.52. The van der Waals surface area contributed by atoms with Gasteiger partial charge >= 0.3 is 0 Å². The highest BCUT2D eigenvalue weighted by atomic mass is 15.3. The molecule has 1 aromatic heterocycles. The standard InChI is InChI=1S/C11H19N5/c12-11(15-10-4-1-2-5-10)13-7-9-16-8-3-6-14-16/h3,6,8,10H,1-2,4-5,7,9H2,(H3,12,13,15). The SMILES string of the molecule is NC(=NCCn1cccn1)NC1CCCC1. The molecule has 0 spiro atoms. The summed E-state index contributed by atoms with van der Waals surface area (Å²) in [6, 6.07) is 2.44. The van der Waals surface area contributed by atoms with Gasteiger partial charge in [-0.3, -0.25) is 9.67 Å². The first-order valence-electron chi connectivity index (χ1n) is 5.88. The molecule has 0 bridgehead atoms. The van der Waals surface area contributed by atoms with E-state index in [2.05, 4.69) is 15.4 Å². The third-order valence-electron chi connectivity index (χ3n) is 2.88. The van der Waals surface area contributed by atoms with Crippen LogP contribution < -0.4 is 11.1 Å². The van der Waals surface area contributed by atoms with E-state index in [1.165, 1.54) is 25.7 Å². The number of aliphatic imine (C=N–C) groups is 1. The van der Waals surface area contributed by atoms with Gasteiger partial charge < -0.3 is 11.1 Å². The second-order valence-corrected chi connectivity index (χ2v) is 4.16. The van der Waals surface area contributed by atoms with Gasteiger partial charge in [0, 0.05) is 18.4 Å². The maximum absolute atomic E-state index is 5.80. The van der Waals surface area contributed by atoms with Crippen molar-refractivity contribution >= 4 is 5.96 Å². The van der Waals surface area contributed by atoms with E-state index in [9.17, 15) is 0 Å². The third-order valence-corrected chi connectivity index (χ3v) is 2.88. The van der Waals surface area contributed by atoms with E-state index in [0.29, 0.717) is 18.5 Å². The van der Waals surface area contributed by atoms with Gasteiger partial charge in [-0.05, 0) is 18.9 Å². The predicted octanol–water partition coefficient (Wildman–Crippen LogP) is 0.730. The van der Waals surface area contributed by atoms with Crippen LogP contribution in [0.1, 0.15) is 25.7 Å². The van der Waals surface area contributed by atoms with Crippen LogP contribution in [0.4, 0.5) is 0 Å². The van der Waals surface area contributed by atoms with Gasteiger partial charge in [-0.1, -0.05) is 12.8 Å². The zero-order chi connectivity index (χ0) is 11.2. The number of rotatable bonds is 4. The minimum Gasteiger partial charge on any atom is -0.370 e. The number of hydrogen-bond donors (Lipinski definition) is 2. The highest BCUT2D eigenvalue weighted by Crippen LogP contribution is 2.17. The van der Waals surface area contributed by atoms with Crippen molar-refractivity contribution in [2.75, 3.05) is 6.54 Å². The maximum Gasteiger partial charge on any atom is 0.188 e. The fourth-order valence-electron chi connectivity index (χ4n) is 2.03. The summed E-state index contributed by atoms with van der Waals surface area (Å²) in [5, 5.41) is 7.36. The van der Waals surface area contributed by atoms with Crippen LogP contribution in [0.3, 0.4) is 0 Å². The molecule has 1 aromatic rings. The summed E-state index contributed by atoms with van der Waals surface area (Å²) in [5.41, 5.74) is 5.80. The van der Waals surface area contributed by atoms with E-state index in [1.54, 1.807) is 6.20 Å². The fourth-order valence-corrected chi connectivity index (χ4v) is 2.03. The molecular formula is C11H19N5. The van der Waals surface area contributed by atoms with Gasteiger partial charge in [0.15, 0.2) is 5.96 Å². The largest absolute Gasteiger partial charge is 0.370 e.